The van der Waals surface area contributed by atoms with E-state index in [1.54, 1.807) is 0 Å². The first-order valence-electron chi connectivity index (χ1n) is 14.5. The second-order valence-electron chi connectivity index (χ2n) is 12.8. The molecular formula is C37H39IrN4-. The molecule has 0 atom stereocenters. The van der Waals surface area contributed by atoms with Gasteiger partial charge in [0.1, 0.15) is 0 Å². The van der Waals surface area contributed by atoms with Crippen molar-refractivity contribution in [1.29, 1.82) is 0 Å². The van der Waals surface area contributed by atoms with Crippen molar-refractivity contribution in [2.75, 3.05) is 0 Å². The molecule has 2 aromatic heterocycles. The summed E-state index contributed by atoms with van der Waals surface area (Å²) in [6, 6.07) is 30.8. The number of nitrogens with zero attached hydrogens (tertiary/aromatic N) is 4. The molecule has 5 rings (SSSR count). The average Bonchev–Trinajstić information content (AvgIpc) is 2.97. The molecule has 0 spiro atoms. The third kappa shape index (κ3) is 7.26. The molecule has 0 unspecified atom stereocenters. The maximum atomic E-state index is 4.92. The number of hydrogen-bond donors (Lipinski definition) is 0. The van der Waals surface area contributed by atoms with E-state index in [0.29, 0.717) is 17.5 Å². The van der Waals surface area contributed by atoms with Crippen molar-refractivity contribution in [2.45, 2.75) is 72.1 Å². The van der Waals surface area contributed by atoms with Crippen LogP contribution >= 0.6 is 0 Å². The van der Waals surface area contributed by atoms with Gasteiger partial charge in [-0.05, 0) is 27.7 Å². The molecule has 0 saturated heterocycles. The molecule has 217 valence electrons. The van der Waals surface area contributed by atoms with Crippen molar-refractivity contribution >= 4 is 0 Å². The number of aromatic nitrogens is 4. The van der Waals surface area contributed by atoms with Crippen molar-refractivity contribution in [2.24, 2.45) is 0 Å². The van der Waals surface area contributed by atoms with Gasteiger partial charge < -0.3 is 4.98 Å². The first-order valence-corrected chi connectivity index (χ1v) is 14.5. The van der Waals surface area contributed by atoms with Gasteiger partial charge in [-0.25, -0.2) is 15.0 Å². The summed E-state index contributed by atoms with van der Waals surface area (Å²) in [5, 5.41) is 0. The number of hydrogen-bond acceptors (Lipinski definition) is 4. The van der Waals surface area contributed by atoms with E-state index >= 15 is 0 Å². The largest absolute Gasteiger partial charge is 0.304 e. The Kier molecular flexibility index (Phi) is 9.55. The molecule has 0 N–H and O–H groups in total. The van der Waals surface area contributed by atoms with Gasteiger partial charge in [-0.2, -0.15) is 0 Å². The van der Waals surface area contributed by atoms with Gasteiger partial charge in [0, 0.05) is 43.0 Å². The molecule has 5 heteroatoms. The van der Waals surface area contributed by atoms with Crippen LogP contribution in [0.4, 0.5) is 0 Å². The second kappa shape index (κ2) is 12.8. The van der Waals surface area contributed by atoms with E-state index in [4.69, 9.17) is 19.9 Å². The Hall–Kier alpha value is -3.53. The molecule has 4 nitrogen and oxygen atoms in total. The number of rotatable bonds is 6. The zero-order valence-electron chi connectivity index (χ0n) is 25.6. The van der Waals surface area contributed by atoms with E-state index in [2.05, 4.69) is 121 Å². The van der Waals surface area contributed by atoms with E-state index < -0.39 is 0 Å². The van der Waals surface area contributed by atoms with E-state index in [1.807, 2.05) is 18.3 Å². The third-order valence-electron chi connectivity index (χ3n) is 7.37. The van der Waals surface area contributed by atoms with Gasteiger partial charge in [0.25, 0.3) is 0 Å². The molecule has 1 radical (unpaired) electrons. The monoisotopic (exact) mass is 732 g/mol. The number of pyridine rings is 1. The van der Waals surface area contributed by atoms with E-state index in [-0.39, 0.29) is 30.9 Å². The molecule has 0 amide bonds. The van der Waals surface area contributed by atoms with E-state index in [1.165, 1.54) is 16.7 Å². The summed E-state index contributed by atoms with van der Waals surface area (Å²) in [4.78, 5) is 19.5. The minimum atomic E-state index is 0. The predicted molar refractivity (Wildman–Crippen MR) is 170 cm³/mol. The first-order chi connectivity index (χ1) is 19.5. The second-order valence-corrected chi connectivity index (χ2v) is 12.8. The average molecular weight is 732 g/mol. The van der Waals surface area contributed by atoms with Crippen molar-refractivity contribution in [1.82, 2.24) is 19.9 Å². The summed E-state index contributed by atoms with van der Waals surface area (Å²) in [7, 11) is 0. The van der Waals surface area contributed by atoms with Crippen LogP contribution < -0.4 is 0 Å². The molecule has 42 heavy (non-hydrogen) atoms. The Balaban J connectivity index is 0.00000405. The maximum Gasteiger partial charge on any atom is 0.165 e. The van der Waals surface area contributed by atoms with Crippen molar-refractivity contribution < 1.29 is 20.1 Å². The fraction of sp³-hybridized carbons (Fsp3) is 0.297. The zero-order chi connectivity index (χ0) is 29.2. The normalized spacial score (nSPS) is 11.7. The van der Waals surface area contributed by atoms with Crippen molar-refractivity contribution in [3.8, 4) is 45.4 Å². The van der Waals surface area contributed by atoms with Crippen LogP contribution in [0, 0.1) is 6.07 Å². The molecular weight excluding hydrogens is 693 g/mol. The molecule has 3 aromatic carbocycles. The van der Waals surface area contributed by atoms with Crippen LogP contribution in [-0.4, -0.2) is 19.9 Å². The van der Waals surface area contributed by atoms with Crippen LogP contribution in [0.25, 0.3) is 45.4 Å². The fourth-order valence-electron chi connectivity index (χ4n) is 4.75. The standard InChI is InChI=1S/C37H39N4.Ir/c1-8-9-25-10-12-26(13-11-25)32-23-18-29(24-38-32)35-40-33(27-14-19-30(20-15-27)36(2,3)4)39-34(41-35)28-16-21-31(22-17-28)37(5,6)7;/h10-12,14-24H,8-9H2,1-7H3;/q-1;. The molecule has 0 fully saturated rings. The first kappa shape index (κ1) is 31.4. The summed E-state index contributed by atoms with van der Waals surface area (Å²) in [5.74, 6) is 1.90. The topological polar surface area (TPSA) is 51.6 Å². The van der Waals surface area contributed by atoms with E-state index in [0.717, 1.165) is 40.8 Å². The van der Waals surface area contributed by atoms with Gasteiger partial charge in [-0.1, -0.05) is 122 Å². The molecule has 0 aliphatic rings. The molecule has 2 heterocycles. The maximum absolute atomic E-state index is 4.92. The van der Waals surface area contributed by atoms with Crippen LogP contribution in [0.15, 0.2) is 85.1 Å². The Morgan fingerprint density at radius 1 is 0.595 bits per heavy atom. The smallest absolute Gasteiger partial charge is 0.165 e. The van der Waals surface area contributed by atoms with Crippen LogP contribution in [0.5, 0.6) is 0 Å². The number of aryl methyl sites for hydroxylation is 1. The summed E-state index contributed by atoms with van der Waals surface area (Å²) >= 11 is 0. The Morgan fingerprint density at radius 2 is 1.07 bits per heavy atom. The molecule has 5 aromatic rings. The molecule has 0 saturated carbocycles. The zero-order valence-corrected chi connectivity index (χ0v) is 28.0. The Morgan fingerprint density at radius 3 is 1.45 bits per heavy atom. The molecule has 0 bridgehead atoms. The Labute approximate surface area is 264 Å². The summed E-state index contributed by atoms with van der Waals surface area (Å²) in [5.41, 5.74) is 8.60. The van der Waals surface area contributed by atoms with Crippen molar-refractivity contribution in [3.63, 3.8) is 0 Å². The van der Waals surface area contributed by atoms with Crippen LogP contribution in [0.3, 0.4) is 0 Å². The van der Waals surface area contributed by atoms with Gasteiger partial charge in [0.2, 0.25) is 0 Å². The van der Waals surface area contributed by atoms with Gasteiger partial charge in [0.15, 0.2) is 17.5 Å². The molecule has 0 aliphatic carbocycles. The van der Waals surface area contributed by atoms with E-state index in [9.17, 15) is 0 Å². The SMILES string of the molecule is CCCc1c[c-]c(-c2ccc(-c3nc(-c4ccc(C(C)(C)C)cc4)nc(-c4ccc(C(C)(C)C)cc4)n3)cn2)cc1.[Ir]. The van der Waals surface area contributed by atoms with Gasteiger partial charge in [-0.15, -0.1) is 35.4 Å². The van der Waals surface area contributed by atoms with Crippen LogP contribution in [-0.2, 0) is 37.4 Å². The fourth-order valence-corrected chi connectivity index (χ4v) is 4.75. The van der Waals surface area contributed by atoms with Crippen LogP contribution in [0.2, 0.25) is 0 Å². The summed E-state index contributed by atoms with van der Waals surface area (Å²) < 4.78 is 0. The van der Waals surface area contributed by atoms with Gasteiger partial charge in [-0.3, -0.25) is 0 Å². The predicted octanol–water partition coefficient (Wildman–Crippen LogP) is 9.28. The minimum absolute atomic E-state index is 0. The number of benzene rings is 3. The van der Waals surface area contributed by atoms with Gasteiger partial charge in [0.05, 0.1) is 0 Å². The third-order valence-corrected chi connectivity index (χ3v) is 7.37. The van der Waals surface area contributed by atoms with Crippen LogP contribution in [0.1, 0.15) is 71.6 Å². The van der Waals surface area contributed by atoms with Gasteiger partial charge >= 0.3 is 0 Å². The quantitative estimate of drug-likeness (QED) is 0.164. The van der Waals surface area contributed by atoms with Crippen molar-refractivity contribution in [3.05, 3.63) is 108 Å². The minimum Gasteiger partial charge on any atom is -0.304 e. The molecule has 0 aliphatic heterocycles. The Bertz CT molecular complexity index is 1530. The summed E-state index contributed by atoms with van der Waals surface area (Å²) in [6.45, 7) is 15.5. The summed E-state index contributed by atoms with van der Waals surface area (Å²) in [6.07, 6.45) is 4.03.